The third kappa shape index (κ3) is 5.39. The van der Waals surface area contributed by atoms with Crippen LogP contribution in [0.2, 0.25) is 0 Å². The van der Waals surface area contributed by atoms with Gasteiger partial charge in [0.2, 0.25) is 5.91 Å². The molecule has 2 N–H and O–H groups in total. The van der Waals surface area contributed by atoms with Crippen LogP contribution in [0.25, 0.3) is 0 Å². The Morgan fingerprint density at radius 2 is 1.59 bits per heavy atom. The van der Waals surface area contributed by atoms with Crippen LogP contribution in [0.15, 0.2) is 54.6 Å². The number of hydrogen-bond acceptors (Lipinski definition) is 6. The fraction of sp³-hybridized carbons (Fsp3) is 0.250. The molecule has 0 aromatic heterocycles. The molecule has 0 bridgehead atoms. The Labute approximate surface area is 157 Å². The van der Waals surface area contributed by atoms with Crippen molar-refractivity contribution in [3.05, 3.63) is 71.3 Å². The molecule has 1 unspecified atom stereocenters. The highest BCUT2D eigenvalue weighted by atomic mass is 16.5. The topological polar surface area (TPSA) is 98.9 Å². The van der Waals surface area contributed by atoms with Gasteiger partial charge in [-0.2, -0.15) is 0 Å². The van der Waals surface area contributed by atoms with E-state index in [1.807, 2.05) is 30.3 Å². The molecule has 0 spiro atoms. The first-order chi connectivity index (χ1) is 13.0. The van der Waals surface area contributed by atoms with Crippen LogP contribution in [0.3, 0.4) is 0 Å². The lowest BCUT2D eigenvalue weighted by Gasteiger charge is -2.25. The summed E-state index contributed by atoms with van der Waals surface area (Å²) in [6.07, 6.45) is 0. The van der Waals surface area contributed by atoms with Crippen molar-refractivity contribution in [1.82, 2.24) is 4.90 Å². The van der Waals surface area contributed by atoms with Gasteiger partial charge < -0.3 is 20.1 Å². The van der Waals surface area contributed by atoms with Crippen LogP contribution in [0.4, 0.5) is 0 Å². The maximum absolute atomic E-state index is 12.9. The zero-order chi connectivity index (χ0) is 19.8. The van der Waals surface area contributed by atoms with Crippen molar-refractivity contribution in [2.24, 2.45) is 5.73 Å². The number of benzene rings is 2. The lowest BCUT2D eigenvalue weighted by molar-refractivity contribution is -0.147. The number of esters is 2. The van der Waals surface area contributed by atoms with Gasteiger partial charge in [0.1, 0.15) is 12.6 Å². The minimum atomic E-state index is -0.981. The second kappa shape index (κ2) is 9.49. The Kier molecular flexibility index (Phi) is 7.08. The van der Waals surface area contributed by atoms with Gasteiger partial charge in [-0.3, -0.25) is 9.59 Å². The van der Waals surface area contributed by atoms with Crippen LogP contribution in [0.5, 0.6) is 0 Å². The summed E-state index contributed by atoms with van der Waals surface area (Å²) in [5, 5.41) is 0. The van der Waals surface area contributed by atoms with Crippen LogP contribution < -0.4 is 5.73 Å². The first-order valence-electron chi connectivity index (χ1n) is 8.29. The number of carbonyl (C=O) groups excluding carboxylic acids is 3. The molecule has 0 saturated heterocycles. The molecule has 0 saturated carbocycles. The standard InChI is InChI=1S/C20H22N2O5/c1-26-17(23)13-22(12-14-6-4-3-5-7-14)19(24)18(21)15-8-10-16(11-9-15)20(25)27-2/h3-11,18H,12-13,21H2,1-2H3. The highest BCUT2D eigenvalue weighted by Gasteiger charge is 2.25. The summed E-state index contributed by atoms with van der Waals surface area (Å²) >= 11 is 0. The lowest BCUT2D eigenvalue weighted by Crippen LogP contribution is -2.41. The summed E-state index contributed by atoms with van der Waals surface area (Å²) in [7, 11) is 2.55. The average Bonchev–Trinajstić information content (AvgIpc) is 2.72. The Bertz CT molecular complexity index is 790. The number of hydrogen-bond donors (Lipinski definition) is 1. The van der Waals surface area contributed by atoms with E-state index in [1.54, 1.807) is 12.1 Å². The van der Waals surface area contributed by atoms with Crippen molar-refractivity contribution >= 4 is 17.8 Å². The van der Waals surface area contributed by atoms with E-state index in [4.69, 9.17) is 5.73 Å². The van der Waals surface area contributed by atoms with E-state index in [9.17, 15) is 14.4 Å². The van der Waals surface area contributed by atoms with Crippen molar-refractivity contribution in [2.45, 2.75) is 12.6 Å². The lowest BCUT2D eigenvalue weighted by atomic mass is 10.0. The molecule has 27 heavy (non-hydrogen) atoms. The summed E-state index contributed by atoms with van der Waals surface area (Å²) in [5.41, 5.74) is 7.85. The van der Waals surface area contributed by atoms with Gasteiger partial charge in [0.05, 0.1) is 19.8 Å². The molecule has 0 radical (unpaired) electrons. The Morgan fingerprint density at radius 1 is 0.963 bits per heavy atom. The molecule has 0 aliphatic carbocycles. The van der Waals surface area contributed by atoms with Gasteiger partial charge in [0.15, 0.2) is 0 Å². The molecule has 0 aliphatic rings. The summed E-state index contributed by atoms with van der Waals surface area (Å²) in [6.45, 7) is 0.0148. The molecule has 2 aromatic rings. The number of carbonyl (C=O) groups is 3. The molecule has 142 valence electrons. The molecule has 2 rings (SSSR count). The zero-order valence-corrected chi connectivity index (χ0v) is 15.3. The van der Waals surface area contributed by atoms with Gasteiger partial charge in [-0.15, -0.1) is 0 Å². The highest BCUT2D eigenvalue weighted by Crippen LogP contribution is 2.17. The predicted octanol–water partition coefficient (Wildman–Crippen LogP) is 1.67. The van der Waals surface area contributed by atoms with Crippen molar-refractivity contribution in [2.75, 3.05) is 20.8 Å². The number of ether oxygens (including phenoxy) is 2. The van der Waals surface area contributed by atoms with Gasteiger partial charge in [-0.25, -0.2) is 4.79 Å². The van der Waals surface area contributed by atoms with Gasteiger partial charge in [0, 0.05) is 6.54 Å². The zero-order valence-electron chi connectivity index (χ0n) is 15.3. The molecule has 1 atom stereocenters. The summed E-state index contributed by atoms with van der Waals surface area (Å²) < 4.78 is 9.33. The molecule has 2 aromatic carbocycles. The minimum Gasteiger partial charge on any atom is -0.468 e. The van der Waals surface area contributed by atoms with Gasteiger partial charge in [-0.1, -0.05) is 42.5 Å². The fourth-order valence-electron chi connectivity index (χ4n) is 2.52. The predicted molar refractivity (Wildman–Crippen MR) is 98.6 cm³/mol. The first-order valence-corrected chi connectivity index (χ1v) is 8.29. The number of nitrogens with zero attached hydrogens (tertiary/aromatic N) is 1. The molecule has 1 amide bonds. The van der Waals surface area contributed by atoms with Crippen LogP contribution in [-0.2, 0) is 25.6 Å². The van der Waals surface area contributed by atoms with Crippen molar-refractivity contribution in [3.8, 4) is 0 Å². The molecule has 7 nitrogen and oxygen atoms in total. The maximum Gasteiger partial charge on any atom is 0.337 e. The van der Waals surface area contributed by atoms with E-state index in [0.717, 1.165) is 5.56 Å². The van der Waals surface area contributed by atoms with Gasteiger partial charge in [0.25, 0.3) is 0 Å². The molecule has 0 fully saturated rings. The maximum atomic E-state index is 12.9. The van der Waals surface area contributed by atoms with E-state index in [-0.39, 0.29) is 13.1 Å². The normalized spacial score (nSPS) is 11.4. The SMILES string of the molecule is COC(=O)CN(Cc1ccccc1)C(=O)C(N)c1ccc(C(=O)OC)cc1. The van der Waals surface area contributed by atoms with E-state index < -0.39 is 23.9 Å². The smallest absolute Gasteiger partial charge is 0.337 e. The monoisotopic (exact) mass is 370 g/mol. The number of rotatable bonds is 7. The first kappa shape index (κ1) is 20.1. The summed E-state index contributed by atoms with van der Waals surface area (Å²) in [4.78, 5) is 37.5. The molecular formula is C20H22N2O5. The molecular weight excluding hydrogens is 348 g/mol. The highest BCUT2D eigenvalue weighted by molar-refractivity contribution is 5.90. The second-order valence-electron chi connectivity index (χ2n) is 5.85. The van der Waals surface area contributed by atoms with E-state index >= 15 is 0 Å². The van der Waals surface area contributed by atoms with Gasteiger partial charge in [-0.05, 0) is 23.3 Å². The van der Waals surface area contributed by atoms with Crippen LogP contribution in [0.1, 0.15) is 27.5 Å². The quantitative estimate of drug-likeness (QED) is 0.745. The number of nitrogens with two attached hydrogens (primary N) is 1. The van der Waals surface area contributed by atoms with Crippen LogP contribution in [0, 0.1) is 0 Å². The Hall–Kier alpha value is -3.19. The van der Waals surface area contributed by atoms with E-state index in [0.29, 0.717) is 11.1 Å². The summed E-state index contributed by atoms with van der Waals surface area (Å²) in [6, 6.07) is 14.6. The number of amides is 1. The van der Waals surface area contributed by atoms with E-state index in [2.05, 4.69) is 9.47 Å². The second-order valence-corrected chi connectivity index (χ2v) is 5.85. The third-order valence-corrected chi connectivity index (χ3v) is 4.03. The molecule has 0 aliphatic heterocycles. The third-order valence-electron chi connectivity index (χ3n) is 4.03. The van der Waals surface area contributed by atoms with E-state index in [1.165, 1.54) is 31.3 Å². The summed E-state index contributed by atoms with van der Waals surface area (Å²) in [5.74, 6) is -1.43. The molecule has 7 heteroatoms. The number of methoxy groups -OCH3 is 2. The minimum absolute atomic E-state index is 0.210. The van der Waals surface area contributed by atoms with Crippen LogP contribution >= 0.6 is 0 Å². The Balaban J connectivity index is 2.19. The van der Waals surface area contributed by atoms with Crippen molar-refractivity contribution < 1.29 is 23.9 Å². The van der Waals surface area contributed by atoms with Crippen LogP contribution in [-0.4, -0.2) is 43.5 Å². The van der Waals surface area contributed by atoms with Crippen molar-refractivity contribution in [3.63, 3.8) is 0 Å². The van der Waals surface area contributed by atoms with Gasteiger partial charge >= 0.3 is 11.9 Å². The average molecular weight is 370 g/mol. The fourth-order valence-corrected chi connectivity index (χ4v) is 2.52. The largest absolute Gasteiger partial charge is 0.468 e. The Morgan fingerprint density at radius 3 is 2.15 bits per heavy atom. The van der Waals surface area contributed by atoms with Crippen molar-refractivity contribution in [1.29, 1.82) is 0 Å². The molecule has 0 heterocycles.